The van der Waals surface area contributed by atoms with Crippen LogP contribution < -0.4 is 10.6 Å². The molecule has 2 N–H and O–H groups in total. The molecule has 5 nitrogen and oxygen atoms in total. The van der Waals surface area contributed by atoms with Gasteiger partial charge in [0.15, 0.2) is 0 Å². The highest BCUT2D eigenvalue weighted by molar-refractivity contribution is 9.10. The molecular formula is C19H16BrN3O2. The predicted molar refractivity (Wildman–Crippen MR) is 100 cm³/mol. The summed E-state index contributed by atoms with van der Waals surface area (Å²) in [4.78, 5) is 23.2. The summed E-state index contributed by atoms with van der Waals surface area (Å²) in [5, 5.41) is 13.9. The maximum absolute atomic E-state index is 11.9. The fourth-order valence-corrected chi connectivity index (χ4v) is 2.43. The average molecular weight is 398 g/mol. The smallest absolute Gasteiger partial charge is 0.244 e. The van der Waals surface area contributed by atoms with E-state index in [2.05, 4.69) is 26.6 Å². The molecule has 2 amide bonds. The van der Waals surface area contributed by atoms with Gasteiger partial charge in [-0.3, -0.25) is 9.59 Å². The van der Waals surface area contributed by atoms with Crippen molar-refractivity contribution in [1.29, 1.82) is 5.26 Å². The number of benzene rings is 2. The third-order valence-corrected chi connectivity index (χ3v) is 3.71. The van der Waals surface area contributed by atoms with Gasteiger partial charge in [0.05, 0.1) is 6.07 Å². The molecular weight excluding hydrogens is 382 g/mol. The lowest BCUT2D eigenvalue weighted by atomic mass is 10.2. The lowest BCUT2D eigenvalue weighted by Crippen LogP contribution is -2.20. The van der Waals surface area contributed by atoms with E-state index in [1.807, 2.05) is 24.3 Å². The molecule has 6 heteroatoms. The summed E-state index contributed by atoms with van der Waals surface area (Å²) in [6.07, 6.45) is 3.05. The molecule has 2 rings (SSSR count). The van der Waals surface area contributed by atoms with E-state index in [9.17, 15) is 9.59 Å². The van der Waals surface area contributed by atoms with Crippen LogP contribution >= 0.6 is 15.9 Å². The molecule has 0 bridgehead atoms. The zero-order valence-corrected chi connectivity index (χ0v) is 14.9. The predicted octanol–water partition coefficient (Wildman–Crippen LogP) is 3.63. The molecule has 126 valence electrons. The first kappa shape index (κ1) is 18.4. The zero-order chi connectivity index (χ0) is 18.1. The highest BCUT2D eigenvalue weighted by atomic mass is 79.9. The van der Waals surface area contributed by atoms with Crippen molar-refractivity contribution < 1.29 is 9.59 Å². The maximum atomic E-state index is 11.9. The minimum Gasteiger partial charge on any atom is -0.348 e. The Bertz CT molecular complexity index is 823. The van der Waals surface area contributed by atoms with E-state index in [4.69, 9.17) is 5.26 Å². The molecule has 2 aromatic carbocycles. The fourth-order valence-electron chi connectivity index (χ4n) is 2.01. The minimum absolute atomic E-state index is 0.178. The molecule has 0 aliphatic rings. The van der Waals surface area contributed by atoms with Gasteiger partial charge in [0.25, 0.3) is 0 Å². The van der Waals surface area contributed by atoms with Gasteiger partial charge in [-0.1, -0.05) is 40.2 Å². The third kappa shape index (κ3) is 6.61. The second kappa shape index (κ2) is 9.40. The monoisotopic (exact) mass is 397 g/mol. The van der Waals surface area contributed by atoms with Crippen molar-refractivity contribution in [2.24, 2.45) is 0 Å². The molecule has 0 spiro atoms. The summed E-state index contributed by atoms with van der Waals surface area (Å²) in [5.41, 5.74) is 2.45. The van der Waals surface area contributed by atoms with Crippen LogP contribution in [0.1, 0.15) is 17.5 Å². The Morgan fingerprint density at radius 1 is 1.16 bits per heavy atom. The van der Waals surface area contributed by atoms with Crippen LogP contribution in [0.15, 0.2) is 59.1 Å². The summed E-state index contributed by atoms with van der Waals surface area (Å²) in [6.45, 7) is 0.383. The quantitative estimate of drug-likeness (QED) is 0.730. The Labute approximate surface area is 154 Å². The van der Waals surface area contributed by atoms with E-state index in [1.54, 1.807) is 36.4 Å². The first-order valence-corrected chi connectivity index (χ1v) is 8.33. The van der Waals surface area contributed by atoms with Crippen molar-refractivity contribution >= 4 is 39.5 Å². The number of hydrogen-bond donors (Lipinski definition) is 2. The molecule has 0 heterocycles. The summed E-state index contributed by atoms with van der Waals surface area (Å²) in [6, 6.07) is 16.5. The van der Waals surface area contributed by atoms with Crippen molar-refractivity contribution in [3.8, 4) is 6.07 Å². The number of amides is 2. The van der Waals surface area contributed by atoms with Gasteiger partial charge in [-0.2, -0.15) is 5.26 Å². The van der Waals surface area contributed by atoms with Gasteiger partial charge in [-0.25, -0.2) is 0 Å². The van der Waals surface area contributed by atoms with Crippen LogP contribution in [-0.4, -0.2) is 11.8 Å². The van der Waals surface area contributed by atoms with Gasteiger partial charge in [0.1, 0.15) is 6.42 Å². The Morgan fingerprint density at radius 3 is 2.60 bits per heavy atom. The molecule has 0 atom stereocenters. The Hall–Kier alpha value is -2.91. The third-order valence-electron chi connectivity index (χ3n) is 3.22. The molecule has 2 aromatic rings. The molecule has 25 heavy (non-hydrogen) atoms. The van der Waals surface area contributed by atoms with Crippen LogP contribution in [0.2, 0.25) is 0 Å². The molecule has 0 aromatic heterocycles. The van der Waals surface area contributed by atoms with Gasteiger partial charge in [0, 0.05) is 22.8 Å². The average Bonchev–Trinajstić information content (AvgIpc) is 2.59. The van der Waals surface area contributed by atoms with E-state index in [-0.39, 0.29) is 18.2 Å². The van der Waals surface area contributed by atoms with E-state index >= 15 is 0 Å². The number of rotatable bonds is 6. The number of nitrogens with one attached hydrogen (secondary N) is 2. The van der Waals surface area contributed by atoms with Crippen LogP contribution in [0.5, 0.6) is 0 Å². The molecule has 0 aliphatic heterocycles. The summed E-state index contributed by atoms with van der Waals surface area (Å²) in [5.74, 6) is -0.535. The number of anilines is 1. The second-order valence-electron chi connectivity index (χ2n) is 5.19. The largest absolute Gasteiger partial charge is 0.348 e. The Kier molecular flexibility index (Phi) is 6.93. The minimum atomic E-state index is -0.346. The standard InChI is InChI=1S/C19H16BrN3O2/c20-16-3-1-2-14(12-16)6-9-18(24)22-13-15-4-7-17(8-5-15)23-19(25)10-11-21/h1-9,12H,10,13H2,(H,22,24)(H,23,25)/b9-6+. The Morgan fingerprint density at radius 2 is 1.92 bits per heavy atom. The van der Waals surface area contributed by atoms with Crippen LogP contribution in [-0.2, 0) is 16.1 Å². The second-order valence-corrected chi connectivity index (χ2v) is 6.10. The van der Waals surface area contributed by atoms with Crippen molar-refractivity contribution in [3.05, 3.63) is 70.2 Å². The first-order valence-electron chi connectivity index (χ1n) is 7.54. The fraction of sp³-hybridized carbons (Fsp3) is 0.105. The van der Waals surface area contributed by atoms with E-state index in [0.29, 0.717) is 12.2 Å². The first-order chi connectivity index (χ1) is 12.1. The number of carbonyl (C=O) groups is 2. The van der Waals surface area contributed by atoms with Crippen LogP contribution in [0.3, 0.4) is 0 Å². The van der Waals surface area contributed by atoms with E-state index in [0.717, 1.165) is 15.6 Å². The highest BCUT2D eigenvalue weighted by Gasteiger charge is 2.02. The Balaban J connectivity index is 1.83. The van der Waals surface area contributed by atoms with Gasteiger partial charge in [0.2, 0.25) is 11.8 Å². The SMILES string of the molecule is N#CCC(=O)Nc1ccc(CNC(=O)/C=C/c2cccc(Br)c2)cc1. The normalized spacial score (nSPS) is 10.2. The molecule has 0 radical (unpaired) electrons. The molecule has 0 unspecified atom stereocenters. The lowest BCUT2D eigenvalue weighted by Gasteiger charge is -2.06. The number of nitriles is 1. The topological polar surface area (TPSA) is 82.0 Å². The van der Waals surface area contributed by atoms with Crippen LogP contribution in [0.25, 0.3) is 6.08 Å². The number of carbonyl (C=O) groups excluding carboxylic acids is 2. The summed E-state index contributed by atoms with van der Waals surface area (Å²) >= 11 is 3.38. The van der Waals surface area contributed by atoms with Crippen LogP contribution in [0.4, 0.5) is 5.69 Å². The van der Waals surface area contributed by atoms with Gasteiger partial charge >= 0.3 is 0 Å². The van der Waals surface area contributed by atoms with Crippen LogP contribution in [0, 0.1) is 11.3 Å². The van der Waals surface area contributed by atoms with Crippen molar-refractivity contribution in [1.82, 2.24) is 5.32 Å². The molecule has 0 fully saturated rings. The van der Waals surface area contributed by atoms with E-state index < -0.39 is 0 Å². The van der Waals surface area contributed by atoms with Crippen molar-refractivity contribution in [3.63, 3.8) is 0 Å². The number of hydrogen-bond acceptors (Lipinski definition) is 3. The zero-order valence-electron chi connectivity index (χ0n) is 13.3. The molecule has 0 aliphatic carbocycles. The number of nitrogens with zero attached hydrogens (tertiary/aromatic N) is 1. The lowest BCUT2D eigenvalue weighted by molar-refractivity contribution is -0.117. The number of halogens is 1. The maximum Gasteiger partial charge on any atom is 0.244 e. The highest BCUT2D eigenvalue weighted by Crippen LogP contribution is 2.13. The summed E-state index contributed by atoms with van der Waals surface area (Å²) in [7, 11) is 0. The van der Waals surface area contributed by atoms with E-state index in [1.165, 1.54) is 6.08 Å². The van der Waals surface area contributed by atoms with Gasteiger partial charge in [-0.15, -0.1) is 0 Å². The van der Waals surface area contributed by atoms with Crippen molar-refractivity contribution in [2.45, 2.75) is 13.0 Å². The molecule has 0 saturated carbocycles. The van der Waals surface area contributed by atoms with Gasteiger partial charge < -0.3 is 10.6 Å². The van der Waals surface area contributed by atoms with Crippen molar-refractivity contribution in [2.75, 3.05) is 5.32 Å². The molecule has 0 saturated heterocycles. The van der Waals surface area contributed by atoms with Gasteiger partial charge in [-0.05, 0) is 41.5 Å². The summed E-state index contributed by atoms with van der Waals surface area (Å²) < 4.78 is 0.956.